The van der Waals surface area contributed by atoms with E-state index in [0.717, 1.165) is 6.26 Å². The number of nitrogens with one attached hydrogen (secondary N) is 2. The van der Waals surface area contributed by atoms with Gasteiger partial charge in [0.15, 0.2) is 17.6 Å². The first-order chi connectivity index (χ1) is 14.6. The van der Waals surface area contributed by atoms with Gasteiger partial charge in [-0.15, -0.1) is 5.10 Å². The van der Waals surface area contributed by atoms with Crippen molar-refractivity contribution >= 4 is 27.6 Å². The molecule has 2 heterocycles. The Morgan fingerprint density at radius 1 is 1.16 bits per heavy atom. The number of ether oxygens (including phenoxy) is 1. The first kappa shape index (κ1) is 22.1. The van der Waals surface area contributed by atoms with Crippen molar-refractivity contribution in [1.82, 2.24) is 20.0 Å². The third-order valence-corrected chi connectivity index (χ3v) is 4.55. The highest BCUT2D eigenvalue weighted by Crippen LogP contribution is 2.27. The quantitative estimate of drug-likeness (QED) is 0.564. The molecule has 10 nitrogen and oxygen atoms in total. The number of nitrogens with zero attached hydrogens (tertiary/aromatic N) is 4. The van der Waals surface area contributed by atoms with E-state index in [2.05, 4.69) is 25.3 Å². The van der Waals surface area contributed by atoms with Crippen LogP contribution in [0.4, 0.5) is 25.1 Å². The SMILES string of the molecule is Cn1nnc(-c2ccc(NS(C)(=O)=O)cn2)c1NC(=O)O[C@@H](c1ccccc1)C(F)F. The number of alkyl halides is 2. The number of rotatable bonds is 7. The predicted octanol–water partition coefficient (Wildman–Crippen LogP) is 2.80. The van der Waals surface area contributed by atoms with Crippen molar-refractivity contribution in [2.24, 2.45) is 7.05 Å². The largest absolute Gasteiger partial charge is 0.435 e. The Morgan fingerprint density at radius 3 is 2.45 bits per heavy atom. The summed E-state index contributed by atoms with van der Waals surface area (Å²) in [6, 6.07) is 10.5. The number of carbonyl (C=O) groups is 1. The van der Waals surface area contributed by atoms with Crippen molar-refractivity contribution in [3.63, 3.8) is 0 Å². The van der Waals surface area contributed by atoms with Crippen LogP contribution >= 0.6 is 0 Å². The van der Waals surface area contributed by atoms with Crippen LogP contribution < -0.4 is 10.0 Å². The molecule has 2 aromatic heterocycles. The van der Waals surface area contributed by atoms with Crippen LogP contribution in [0.1, 0.15) is 11.7 Å². The number of aryl methyl sites for hydroxylation is 1. The van der Waals surface area contributed by atoms with E-state index in [-0.39, 0.29) is 28.5 Å². The Morgan fingerprint density at radius 2 is 1.87 bits per heavy atom. The number of aromatic nitrogens is 4. The first-order valence-corrected chi connectivity index (χ1v) is 10.7. The molecule has 0 aliphatic carbocycles. The first-order valence-electron chi connectivity index (χ1n) is 8.78. The summed E-state index contributed by atoms with van der Waals surface area (Å²) in [5.41, 5.74) is 0.771. The van der Waals surface area contributed by atoms with Gasteiger partial charge in [0, 0.05) is 7.05 Å². The molecule has 0 spiro atoms. The van der Waals surface area contributed by atoms with Crippen molar-refractivity contribution in [3.8, 4) is 11.4 Å². The molecule has 2 N–H and O–H groups in total. The minimum absolute atomic E-state index is 0.0578. The van der Waals surface area contributed by atoms with Crippen LogP contribution in [0.25, 0.3) is 11.4 Å². The van der Waals surface area contributed by atoms with Crippen molar-refractivity contribution in [3.05, 3.63) is 54.2 Å². The molecule has 0 saturated heterocycles. The van der Waals surface area contributed by atoms with Crippen molar-refractivity contribution in [1.29, 1.82) is 0 Å². The number of amides is 1. The van der Waals surface area contributed by atoms with E-state index in [4.69, 9.17) is 4.74 Å². The molecule has 164 valence electrons. The summed E-state index contributed by atoms with van der Waals surface area (Å²) in [6.07, 6.45) is -3.57. The standard InChI is InChI=1S/C18H18F2N6O4S/c1-26-17(22-18(27)30-15(16(19)20)11-6-4-3-5-7-11)14(23-25-26)13-9-8-12(10-21-13)24-31(2,28)29/h3-10,15-16,24H,1-2H3,(H,22,27)/t15-/m0/s1. The van der Waals surface area contributed by atoms with Gasteiger partial charge in [-0.1, -0.05) is 35.5 Å². The highest BCUT2D eigenvalue weighted by Gasteiger charge is 2.27. The summed E-state index contributed by atoms with van der Waals surface area (Å²) >= 11 is 0. The van der Waals surface area contributed by atoms with Gasteiger partial charge in [0.05, 0.1) is 23.8 Å². The van der Waals surface area contributed by atoms with Gasteiger partial charge in [0.25, 0.3) is 6.43 Å². The molecule has 0 radical (unpaired) electrons. The number of sulfonamides is 1. The summed E-state index contributed by atoms with van der Waals surface area (Å²) in [6.45, 7) is 0. The molecule has 31 heavy (non-hydrogen) atoms. The van der Waals surface area contributed by atoms with Gasteiger partial charge in [-0.2, -0.15) is 0 Å². The lowest BCUT2D eigenvalue weighted by atomic mass is 10.1. The molecule has 0 bridgehead atoms. The zero-order valence-corrected chi connectivity index (χ0v) is 17.2. The average Bonchev–Trinajstić information content (AvgIpc) is 3.06. The number of anilines is 2. The van der Waals surface area contributed by atoms with Crippen LogP contribution in [0.3, 0.4) is 0 Å². The molecule has 3 rings (SSSR count). The number of benzene rings is 1. The number of hydrogen-bond acceptors (Lipinski definition) is 7. The van der Waals surface area contributed by atoms with E-state index in [1.807, 2.05) is 0 Å². The molecule has 1 amide bonds. The van der Waals surface area contributed by atoms with Crippen LogP contribution in [-0.4, -0.2) is 47.2 Å². The maximum atomic E-state index is 13.4. The van der Waals surface area contributed by atoms with Gasteiger partial charge in [-0.3, -0.25) is 15.0 Å². The second-order valence-electron chi connectivity index (χ2n) is 6.41. The highest BCUT2D eigenvalue weighted by atomic mass is 32.2. The minimum Gasteiger partial charge on any atom is -0.435 e. The molecule has 0 aliphatic rings. The Balaban J connectivity index is 1.78. The van der Waals surface area contributed by atoms with E-state index in [1.54, 1.807) is 18.2 Å². The maximum Gasteiger partial charge on any atom is 0.413 e. The van der Waals surface area contributed by atoms with Crippen LogP contribution in [0.5, 0.6) is 0 Å². The number of pyridine rings is 1. The fraction of sp³-hybridized carbons (Fsp3) is 0.222. The second-order valence-corrected chi connectivity index (χ2v) is 8.16. The second kappa shape index (κ2) is 9.04. The van der Waals surface area contributed by atoms with Crippen LogP contribution in [0.2, 0.25) is 0 Å². The van der Waals surface area contributed by atoms with E-state index in [9.17, 15) is 22.0 Å². The molecule has 3 aromatic rings. The average molecular weight is 452 g/mol. The molecule has 0 aliphatic heterocycles. The summed E-state index contributed by atoms with van der Waals surface area (Å²) in [7, 11) is -1.99. The summed E-state index contributed by atoms with van der Waals surface area (Å²) in [4.78, 5) is 16.4. The van der Waals surface area contributed by atoms with Gasteiger partial charge in [-0.05, 0) is 17.7 Å². The van der Waals surface area contributed by atoms with Crippen molar-refractivity contribution in [2.75, 3.05) is 16.3 Å². The molecular formula is C18H18F2N6O4S. The number of carbonyl (C=O) groups excluding carboxylic acids is 1. The molecule has 0 fully saturated rings. The highest BCUT2D eigenvalue weighted by molar-refractivity contribution is 7.92. The Labute approximate surface area is 176 Å². The number of hydrogen-bond donors (Lipinski definition) is 2. The van der Waals surface area contributed by atoms with E-state index >= 15 is 0 Å². The lowest BCUT2D eigenvalue weighted by Crippen LogP contribution is -2.23. The Bertz CT molecular complexity index is 1150. The summed E-state index contributed by atoms with van der Waals surface area (Å²) < 4.78 is 57.8. The van der Waals surface area contributed by atoms with Gasteiger partial charge in [-0.25, -0.2) is 26.7 Å². The number of halogens is 2. The zero-order valence-electron chi connectivity index (χ0n) is 16.4. The van der Waals surface area contributed by atoms with E-state index in [0.29, 0.717) is 0 Å². The molecule has 0 unspecified atom stereocenters. The third kappa shape index (κ3) is 5.72. The monoisotopic (exact) mass is 452 g/mol. The Kier molecular flexibility index (Phi) is 6.44. The third-order valence-electron chi connectivity index (χ3n) is 3.95. The van der Waals surface area contributed by atoms with Gasteiger partial charge >= 0.3 is 6.09 Å². The van der Waals surface area contributed by atoms with E-state index in [1.165, 1.54) is 42.2 Å². The normalized spacial score (nSPS) is 12.4. The maximum absolute atomic E-state index is 13.4. The lowest BCUT2D eigenvalue weighted by molar-refractivity contribution is -0.0143. The van der Waals surface area contributed by atoms with Crippen LogP contribution in [-0.2, 0) is 21.8 Å². The van der Waals surface area contributed by atoms with Gasteiger partial charge in [0.2, 0.25) is 10.0 Å². The zero-order chi connectivity index (χ0) is 22.6. The van der Waals surface area contributed by atoms with Crippen molar-refractivity contribution < 1.29 is 26.7 Å². The van der Waals surface area contributed by atoms with E-state index < -0.39 is 28.6 Å². The molecular weight excluding hydrogens is 434 g/mol. The summed E-state index contributed by atoms with van der Waals surface area (Å²) in [5, 5.41) is 10.1. The smallest absolute Gasteiger partial charge is 0.413 e. The molecule has 1 aromatic carbocycles. The molecule has 13 heteroatoms. The fourth-order valence-electron chi connectivity index (χ4n) is 2.63. The van der Waals surface area contributed by atoms with Gasteiger partial charge in [0.1, 0.15) is 0 Å². The fourth-order valence-corrected chi connectivity index (χ4v) is 3.18. The minimum atomic E-state index is -3.47. The van der Waals surface area contributed by atoms with Gasteiger partial charge < -0.3 is 4.74 Å². The Hall–Kier alpha value is -3.61. The van der Waals surface area contributed by atoms with Crippen LogP contribution in [0.15, 0.2) is 48.7 Å². The summed E-state index contributed by atoms with van der Waals surface area (Å²) in [5.74, 6) is 0.0578. The topological polar surface area (TPSA) is 128 Å². The predicted molar refractivity (Wildman–Crippen MR) is 108 cm³/mol. The van der Waals surface area contributed by atoms with Crippen LogP contribution in [0, 0.1) is 0 Å². The molecule has 0 saturated carbocycles. The lowest BCUT2D eigenvalue weighted by Gasteiger charge is -2.18. The van der Waals surface area contributed by atoms with Crippen molar-refractivity contribution in [2.45, 2.75) is 12.5 Å². The molecule has 1 atom stereocenters.